The first-order valence-electron chi connectivity index (χ1n) is 5.50. The van der Waals surface area contributed by atoms with Crippen LogP contribution in [-0.4, -0.2) is 30.4 Å². The van der Waals surface area contributed by atoms with Gasteiger partial charge < -0.3 is 4.90 Å². The molecule has 1 unspecified atom stereocenters. The van der Waals surface area contributed by atoms with Crippen molar-refractivity contribution in [3.05, 3.63) is 24.5 Å². The summed E-state index contributed by atoms with van der Waals surface area (Å²) < 4.78 is 3.46. The van der Waals surface area contributed by atoms with Gasteiger partial charge in [-0.15, -0.1) is 0 Å². The van der Waals surface area contributed by atoms with Gasteiger partial charge in [-0.25, -0.2) is 0 Å². The molecule has 0 spiro atoms. The molecule has 0 amide bonds. The number of piperidine rings is 1. The van der Waals surface area contributed by atoms with E-state index in [4.69, 9.17) is 11.2 Å². The van der Waals surface area contributed by atoms with Gasteiger partial charge in [-0.1, -0.05) is 9.64 Å². The van der Waals surface area contributed by atoms with E-state index in [1.165, 1.54) is 18.5 Å². The molecule has 1 aromatic heterocycles. The maximum atomic E-state index is 5.18. The van der Waals surface area contributed by atoms with Gasteiger partial charge in [0.15, 0.2) is 0 Å². The second kappa shape index (κ2) is 5.70. The lowest BCUT2D eigenvalue weighted by atomic mass is 10.1. The molecule has 1 saturated heterocycles. The molecule has 2 heterocycles. The predicted octanol–water partition coefficient (Wildman–Crippen LogP) is 1.27. The van der Waals surface area contributed by atoms with Gasteiger partial charge in [-0.3, -0.25) is 9.71 Å². The molecule has 1 atom stereocenters. The van der Waals surface area contributed by atoms with Crippen LogP contribution in [0.1, 0.15) is 12.8 Å². The molecule has 88 valence electrons. The fourth-order valence-corrected chi connectivity index (χ4v) is 3.16. The third kappa shape index (κ3) is 3.23. The molecule has 0 bridgehead atoms. The number of aromatic nitrogens is 1. The van der Waals surface area contributed by atoms with E-state index >= 15 is 0 Å². The Morgan fingerprint density at radius 1 is 1.38 bits per heavy atom. The third-order valence-electron chi connectivity index (χ3n) is 2.86. The monoisotopic (exact) mass is 255 g/mol. The molecule has 5 heteroatoms. The maximum Gasteiger partial charge on any atom is 0.0397 e. The molecule has 1 fully saturated rings. The summed E-state index contributed by atoms with van der Waals surface area (Å²) in [7, 11) is -0.0640. The van der Waals surface area contributed by atoms with Crippen molar-refractivity contribution in [2.45, 2.75) is 18.9 Å². The number of anilines is 1. The number of hydrogen-bond donors (Lipinski definition) is 1. The van der Waals surface area contributed by atoms with E-state index in [-0.39, 0.29) is 9.64 Å². The van der Waals surface area contributed by atoms with Crippen molar-refractivity contribution in [2.75, 3.05) is 24.2 Å². The van der Waals surface area contributed by atoms with E-state index in [1.54, 1.807) is 0 Å². The highest BCUT2D eigenvalue weighted by molar-refractivity contribution is 8.27. The van der Waals surface area contributed by atoms with Crippen LogP contribution in [0.3, 0.4) is 0 Å². The number of nitrogens with one attached hydrogen (secondary N) is 1. The second-order valence-electron chi connectivity index (χ2n) is 4.04. The maximum absolute atomic E-state index is 5.18. The second-order valence-corrected chi connectivity index (χ2v) is 6.68. The van der Waals surface area contributed by atoms with Gasteiger partial charge in [-0.05, 0) is 42.4 Å². The van der Waals surface area contributed by atoms with Crippen LogP contribution in [-0.2, 0) is 20.8 Å². The summed E-state index contributed by atoms with van der Waals surface area (Å²) in [5, 5.41) is 0. The fourth-order valence-electron chi connectivity index (χ4n) is 2.05. The van der Waals surface area contributed by atoms with Crippen LogP contribution >= 0.6 is 0 Å². The standard InChI is InChI=1S/C11H17N3S2/c1-16(15)13-10-4-8-14(9-5-10)11-2-6-12-7-3-11/h2-3,6-7,10,13H,4-5,8-9H2,1H3. The van der Waals surface area contributed by atoms with Crippen molar-refractivity contribution in [2.24, 2.45) is 0 Å². The number of rotatable bonds is 3. The van der Waals surface area contributed by atoms with E-state index in [2.05, 4.69) is 33.0 Å². The molecule has 16 heavy (non-hydrogen) atoms. The van der Waals surface area contributed by atoms with Gasteiger partial charge in [0.1, 0.15) is 0 Å². The molecular formula is C11H17N3S2. The Bertz CT molecular complexity index is 348. The first kappa shape index (κ1) is 12.0. The Hall–Kier alpha value is -0.520. The van der Waals surface area contributed by atoms with Crippen LogP contribution in [0, 0.1) is 0 Å². The average molecular weight is 255 g/mol. The molecule has 0 saturated carbocycles. The van der Waals surface area contributed by atoms with Gasteiger partial charge in [0, 0.05) is 37.2 Å². The molecule has 1 aromatic rings. The number of pyridine rings is 1. The SMILES string of the molecule is CS(=S)NC1CCN(c2ccncc2)CC1. The van der Waals surface area contributed by atoms with Crippen molar-refractivity contribution < 1.29 is 0 Å². The van der Waals surface area contributed by atoms with Gasteiger partial charge in [-0.2, -0.15) is 0 Å². The quantitative estimate of drug-likeness (QED) is 0.880. The van der Waals surface area contributed by atoms with Crippen LogP contribution < -0.4 is 9.62 Å². The highest BCUT2D eigenvalue weighted by Gasteiger charge is 2.18. The van der Waals surface area contributed by atoms with Crippen molar-refractivity contribution in [3.63, 3.8) is 0 Å². The van der Waals surface area contributed by atoms with Gasteiger partial charge in [0.25, 0.3) is 0 Å². The normalized spacial score (nSPS) is 19.7. The van der Waals surface area contributed by atoms with Crippen molar-refractivity contribution in [1.82, 2.24) is 9.71 Å². The Balaban J connectivity index is 1.88. The Labute approximate surface area is 104 Å². The van der Waals surface area contributed by atoms with Gasteiger partial charge in [0.05, 0.1) is 0 Å². The van der Waals surface area contributed by atoms with Crippen molar-refractivity contribution in [1.29, 1.82) is 0 Å². The van der Waals surface area contributed by atoms with Crippen LogP contribution in [0.5, 0.6) is 0 Å². The molecule has 1 aliphatic heterocycles. The minimum Gasteiger partial charge on any atom is -0.371 e. The number of nitrogens with zero attached hydrogens (tertiary/aromatic N) is 2. The zero-order valence-electron chi connectivity index (χ0n) is 9.43. The summed E-state index contributed by atoms with van der Waals surface area (Å²) in [5.74, 6) is 0. The fraction of sp³-hybridized carbons (Fsp3) is 0.545. The molecule has 1 N–H and O–H groups in total. The Morgan fingerprint density at radius 2 is 2.00 bits per heavy atom. The lowest BCUT2D eigenvalue weighted by Gasteiger charge is -2.33. The summed E-state index contributed by atoms with van der Waals surface area (Å²) in [6, 6.07) is 4.75. The Kier molecular flexibility index (Phi) is 4.26. The van der Waals surface area contributed by atoms with Crippen LogP contribution in [0.2, 0.25) is 0 Å². The molecule has 0 aromatic carbocycles. The van der Waals surface area contributed by atoms with Crippen molar-refractivity contribution in [3.8, 4) is 0 Å². The molecule has 1 aliphatic rings. The predicted molar refractivity (Wildman–Crippen MR) is 73.3 cm³/mol. The smallest absolute Gasteiger partial charge is 0.0397 e. The van der Waals surface area contributed by atoms with E-state index in [9.17, 15) is 0 Å². The minimum absolute atomic E-state index is 0.0640. The van der Waals surface area contributed by atoms with E-state index in [0.717, 1.165) is 13.1 Å². The zero-order chi connectivity index (χ0) is 11.4. The first-order valence-corrected chi connectivity index (χ1v) is 8.06. The Morgan fingerprint density at radius 3 is 2.56 bits per heavy atom. The summed E-state index contributed by atoms with van der Waals surface area (Å²) >= 11 is 5.18. The van der Waals surface area contributed by atoms with E-state index in [1.807, 2.05) is 12.4 Å². The van der Waals surface area contributed by atoms with Crippen LogP contribution in [0.15, 0.2) is 24.5 Å². The molecule has 2 rings (SSSR count). The summed E-state index contributed by atoms with van der Waals surface area (Å²) in [6.07, 6.45) is 8.12. The summed E-state index contributed by atoms with van der Waals surface area (Å²) in [6.45, 7) is 2.21. The topological polar surface area (TPSA) is 28.2 Å². The molecular weight excluding hydrogens is 238 g/mol. The first-order chi connectivity index (χ1) is 7.75. The van der Waals surface area contributed by atoms with Crippen LogP contribution in [0.4, 0.5) is 5.69 Å². The highest BCUT2D eigenvalue weighted by Crippen LogP contribution is 2.18. The van der Waals surface area contributed by atoms with Gasteiger partial charge in [0.2, 0.25) is 0 Å². The number of hydrogen-bond acceptors (Lipinski definition) is 3. The van der Waals surface area contributed by atoms with E-state index < -0.39 is 0 Å². The third-order valence-corrected chi connectivity index (χ3v) is 3.81. The molecule has 0 aliphatic carbocycles. The average Bonchev–Trinajstić information content (AvgIpc) is 2.30. The summed E-state index contributed by atoms with van der Waals surface area (Å²) in [4.78, 5) is 6.46. The zero-order valence-corrected chi connectivity index (χ0v) is 11.1. The molecule has 3 nitrogen and oxygen atoms in total. The summed E-state index contributed by atoms with van der Waals surface area (Å²) in [5.41, 5.74) is 1.28. The van der Waals surface area contributed by atoms with Crippen LogP contribution in [0.25, 0.3) is 0 Å². The largest absolute Gasteiger partial charge is 0.371 e. The lowest BCUT2D eigenvalue weighted by Crippen LogP contribution is -2.42. The van der Waals surface area contributed by atoms with Gasteiger partial charge >= 0.3 is 0 Å². The lowest BCUT2D eigenvalue weighted by molar-refractivity contribution is 0.478. The van der Waals surface area contributed by atoms with E-state index in [0.29, 0.717) is 6.04 Å². The minimum atomic E-state index is -0.0640. The highest BCUT2D eigenvalue weighted by atomic mass is 32.8. The molecule has 0 radical (unpaired) electrons. The van der Waals surface area contributed by atoms with Crippen molar-refractivity contribution >= 4 is 26.5 Å².